The highest BCUT2D eigenvalue weighted by atomic mass is 35.5. The summed E-state index contributed by atoms with van der Waals surface area (Å²) in [4.78, 5) is 24.1. The molecule has 0 radical (unpaired) electrons. The molecule has 0 aliphatic rings. The quantitative estimate of drug-likeness (QED) is 0.661. The standard InChI is InChI=1S/C17H21ClN4O3S2/c1-9(2)16-21-22-17(27-16)20-15(24)8-26-7-14(23)19-12-5-10(3)11(18)6-13(12)25-4/h5-6,9H,7-8H2,1-4H3,(H,19,23)(H,20,22,24). The van der Waals surface area contributed by atoms with Gasteiger partial charge in [0.15, 0.2) is 0 Å². The molecule has 0 spiro atoms. The SMILES string of the molecule is COc1cc(Cl)c(C)cc1NC(=O)CSCC(=O)Nc1nnc(C(C)C)s1. The zero-order valence-electron chi connectivity index (χ0n) is 15.5. The Labute approximate surface area is 171 Å². The summed E-state index contributed by atoms with van der Waals surface area (Å²) in [5.41, 5.74) is 1.38. The number of aryl methyl sites for hydroxylation is 1. The van der Waals surface area contributed by atoms with E-state index >= 15 is 0 Å². The summed E-state index contributed by atoms with van der Waals surface area (Å²) in [6, 6.07) is 3.40. The Morgan fingerprint density at radius 1 is 1.22 bits per heavy atom. The lowest BCUT2D eigenvalue weighted by atomic mass is 10.2. The summed E-state index contributed by atoms with van der Waals surface area (Å²) in [6.45, 7) is 5.87. The van der Waals surface area contributed by atoms with Crippen molar-refractivity contribution in [3.63, 3.8) is 0 Å². The van der Waals surface area contributed by atoms with Gasteiger partial charge in [0.05, 0.1) is 24.3 Å². The van der Waals surface area contributed by atoms with Gasteiger partial charge in [0.25, 0.3) is 0 Å². The van der Waals surface area contributed by atoms with Crippen LogP contribution in [0.25, 0.3) is 0 Å². The third-order valence-electron chi connectivity index (χ3n) is 3.40. The minimum atomic E-state index is -0.231. The van der Waals surface area contributed by atoms with E-state index in [1.807, 2.05) is 20.8 Å². The van der Waals surface area contributed by atoms with E-state index in [9.17, 15) is 9.59 Å². The van der Waals surface area contributed by atoms with Crippen molar-refractivity contribution in [1.29, 1.82) is 0 Å². The van der Waals surface area contributed by atoms with Gasteiger partial charge in [0.1, 0.15) is 10.8 Å². The van der Waals surface area contributed by atoms with E-state index in [1.54, 1.807) is 12.1 Å². The van der Waals surface area contributed by atoms with E-state index in [-0.39, 0.29) is 29.2 Å². The van der Waals surface area contributed by atoms with Crippen LogP contribution < -0.4 is 15.4 Å². The molecule has 27 heavy (non-hydrogen) atoms. The molecule has 0 atom stereocenters. The molecule has 1 aromatic carbocycles. The molecule has 2 aromatic rings. The molecular formula is C17H21ClN4O3S2. The molecule has 2 rings (SSSR count). The Hall–Kier alpha value is -1.84. The third-order valence-corrected chi connectivity index (χ3v) is 5.88. The summed E-state index contributed by atoms with van der Waals surface area (Å²) in [7, 11) is 1.51. The maximum absolute atomic E-state index is 12.1. The van der Waals surface area contributed by atoms with Crippen LogP contribution in [0.15, 0.2) is 12.1 Å². The molecule has 0 fully saturated rings. The summed E-state index contributed by atoms with van der Waals surface area (Å²) in [6.07, 6.45) is 0. The summed E-state index contributed by atoms with van der Waals surface area (Å²) in [5, 5.41) is 15.3. The number of thioether (sulfide) groups is 1. The van der Waals surface area contributed by atoms with Crippen LogP contribution in [-0.4, -0.2) is 40.6 Å². The number of ether oxygens (including phenoxy) is 1. The van der Waals surface area contributed by atoms with E-state index in [2.05, 4.69) is 20.8 Å². The fourth-order valence-electron chi connectivity index (χ4n) is 2.03. The molecule has 146 valence electrons. The van der Waals surface area contributed by atoms with E-state index in [1.165, 1.54) is 30.2 Å². The highest BCUT2D eigenvalue weighted by molar-refractivity contribution is 8.00. The molecule has 0 aliphatic heterocycles. The lowest BCUT2D eigenvalue weighted by Gasteiger charge is -2.12. The molecule has 0 saturated heterocycles. The number of hydrogen-bond acceptors (Lipinski definition) is 7. The Morgan fingerprint density at radius 3 is 2.48 bits per heavy atom. The van der Waals surface area contributed by atoms with E-state index in [0.717, 1.165) is 10.6 Å². The number of nitrogens with one attached hydrogen (secondary N) is 2. The predicted octanol–water partition coefficient (Wildman–Crippen LogP) is 3.94. The van der Waals surface area contributed by atoms with Gasteiger partial charge in [-0.1, -0.05) is 36.8 Å². The molecule has 0 saturated carbocycles. The number of rotatable bonds is 8. The monoisotopic (exact) mass is 428 g/mol. The summed E-state index contributed by atoms with van der Waals surface area (Å²) in [5.74, 6) is 0.565. The first-order chi connectivity index (χ1) is 12.8. The van der Waals surface area contributed by atoms with Gasteiger partial charge in [-0.15, -0.1) is 22.0 Å². The van der Waals surface area contributed by atoms with Crippen LogP contribution in [0, 0.1) is 6.92 Å². The molecule has 0 aliphatic carbocycles. The number of carbonyl (C=O) groups excluding carboxylic acids is 2. The van der Waals surface area contributed by atoms with Crippen LogP contribution in [0.4, 0.5) is 10.8 Å². The Kier molecular flexibility index (Phi) is 7.88. The lowest BCUT2D eigenvalue weighted by molar-refractivity contribution is -0.114. The van der Waals surface area contributed by atoms with E-state index < -0.39 is 0 Å². The molecule has 0 bridgehead atoms. The van der Waals surface area contributed by atoms with Crippen LogP contribution >= 0.6 is 34.7 Å². The number of hydrogen-bond donors (Lipinski definition) is 2. The first-order valence-electron chi connectivity index (χ1n) is 8.15. The maximum atomic E-state index is 12.1. The number of anilines is 2. The molecule has 7 nitrogen and oxygen atoms in total. The van der Waals surface area contributed by atoms with Crippen molar-refractivity contribution in [3.05, 3.63) is 27.7 Å². The molecule has 2 amide bonds. The van der Waals surface area contributed by atoms with E-state index in [0.29, 0.717) is 21.6 Å². The predicted molar refractivity (Wildman–Crippen MR) is 111 cm³/mol. The smallest absolute Gasteiger partial charge is 0.236 e. The minimum absolute atomic E-state index is 0.131. The molecule has 10 heteroatoms. The van der Waals surface area contributed by atoms with Crippen molar-refractivity contribution in [2.24, 2.45) is 0 Å². The zero-order chi connectivity index (χ0) is 20.0. The largest absolute Gasteiger partial charge is 0.495 e. The van der Waals surface area contributed by atoms with Gasteiger partial charge < -0.3 is 10.1 Å². The van der Waals surface area contributed by atoms with Gasteiger partial charge in [-0.05, 0) is 18.6 Å². The van der Waals surface area contributed by atoms with Crippen molar-refractivity contribution in [2.75, 3.05) is 29.2 Å². The van der Waals surface area contributed by atoms with Crippen LogP contribution in [-0.2, 0) is 9.59 Å². The van der Waals surface area contributed by atoms with Gasteiger partial charge in [0, 0.05) is 17.0 Å². The zero-order valence-corrected chi connectivity index (χ0v) is 17.8. The van der Waals surface area contributed by atoms with Gasteiger partial charge in [-0.25, -0.2) is 0 Å². The summed E-state index contributed by atoms with van der Waals surface area (Å²) < 4.78 is 5.23. The second-order valence-corrected chi connectivity index (χ2v) is 8.39. The van der Waals surface area contributed by atoms with Gasteiger partial charge in [-0.3, -0.25) is 14.9 Å². The number of halogens is 1. The first kappa shape index (κ1) is 21.5. The number of methoxy groups -OCH3 is 1. The second kappa shape index (κ2) is 9.91. The van der Waals surface area contributed by atoms with Gasteiger partial charge in [0.2, 0.25) is 16.9 Å². The van der Waals surface area contributed by atoms with Crippen molar-refractivity contribution in [3.8, 4) is 5.75 Å². The average Bonchev–Trinajstić information content (AvgIpc) is 3.06. The van der Waals surface area contributed by atoms with Crippen LogP contribution in [0.5, 0.6) is 5.75 Å². The fourth-order valence-corrected chi connectivity index (χ4v) is 3.56. The number of benzene rings is 1. The van der Waals surface area contributed by atoms with E-state index in [4.69, 9.17) is 16.3 Å². The number of nitrogens with zero attached hydrogens (tertiary/aromatic N) is 2. The van der Waals surface area contributed by atoms with Gasteiger partial charge >= 0.3 is 0 Å². The van der Waals surface area contributed by atoms with Crippen molar-refractivity contribution in [1.82, 2.24) is 10.2 Å². The van der Waals surface area contributed by atoms with Crippen LogP contribution in [0.1, 0.15) is 30.3 Å². The van der Waals surface area contributed by atoms with Crippen molar-refractivity contribution >= 4 is 57.3 Å². The highest BCUT2D eigenvalue weighted by Crippen LogP contribution is 2.31. The summed E-state index contributed by atoms with van der Waals surface area (Å²) >= 11 is 8.61. The Balaban J connectivity index is 1.80. The molecule has 1 aromatic heterocycles. The topological polar surface area (TPSA) is 93.2 Å². The van der Waals surface area contributed by atoms with Crippen LogP contribution in [0.2, 0.25) is 5.02 Å². The molecular weight excluding hydrogens is 408 g/mol. The van der Waals surface area contributed by atoms with Crippen molar-refractivity contribution in [2.45, 2.75) is 26.7 Å². The molecule has 0 unspecified atom stereocenters. The molecule has 2 N–H and O–H groups in total. The second-order valence-electron chi connectivity index (χ2n) is 5.99. The average molecular weight is 429 g/mol. The van der Waals surface area contributed by atoms with Crippen molar-refractivity contribution < 1.29 is 14.3 Å². The number of aromatic nitrogens is 2. The lowest BCUT2D eigenvalue weighted by Crippen LogP contribution is -2.18. The molecule has 1 heterocycles. The normalized spacial score (nSPS) is 10.7. The number of carbonyl (C=O) groups is 2. The van der Waals surface area contributed by atoms with Gasteiger partial charge in [-0.2, -0.15) is 0 Å². The maximum Gasteiger partial charge on any atom is 0.236 e. The fraction of sp³-hybridized carbons (Fsp3) is 0.412. The van der Waals surface area contributed by atoms with Crippen LogP contribution in [0.3, 0.4) is 0 Å². The Bertz CT molecular complexity index is 827. The third kappa shape index (κ3) is 6.37. The Morgan fingerprint density at radius 2 is 1.89 bits per heavy atom. The highest BCUT2D eigenvalue weighted by Gasteiger charge is 2.13. The first-order valence-corrected chi connectivity index (χ1v) is 10.5. The number of amides is 2. The minimum Gasteiger partial charge on any atom is -0.495 e.